The van der Waals surface area contributed by atoms with Crippen LogP contribution in [0.3, 0.4) is 0 Å². The molecule has 4 heteroatoms. The van der Waals surface area contributed by atoms with E-state index in [0.29, 0.717) is 19.6 Å². The first-order valence-corrected chi connectivity index (χ1v) is 7.52. The molecule has 0 amide bonds. The SMILES string of the molecule is CCCCOC(=O)C1CCCC(C(=O)OCCC)C1. The molecule has 0 aliphatic heterocycles. The molecule has 0 N–H and O–H groups in total. The normalized spacial score (nSPS) is 22.8. The topological polar surface area (TPSA) is 52.6 Å². The van der Waals surface area contributed by atoms with E-state index in [1.165, 1.54) is 0 Å². The van der Waals surface area contributed by atoms with Crippen molar-refractivity contribution in [2.24, 2.45) is 11.8 Å². The van der Waals surface area contributed by atoms with Crippen LogP contribution < -0.4 is 0 Å². The van der Waals surface area contributed by atoms with Crippen molar-refractivity contribution >= 4 is 11.9 Å². The first kappa shape index (κ1) is 16.0. The zero-order chi connectivity index (χ0) is 14.1. The molecule has 19 heavy (non-hydrogen) atoms. The minimum atomic E-state index is -0.145. The number of carbonyl (C=O) groups excluding carboxylic acids is 2. The van der Waals surface area contributed by atoms with E-state index in [0.717, 1.165) is 38.5 Å². The summed E-state index contributed by atoms with van der Waals surface area (Å²) in [6, 6.07) is 0. The number of esters is 2. The Kier molecular flexibility index (Phi) is 7.53. The van der Waals surface area contributed by atoms with Crippen LogP contribution in [0.5, 0.6) is 0 Å². The Bertz CT molecular complexity index is 288. The van der Waals surface area contributed by atoms with E-state index in [9.17, 15) is 9.59 Å². The number of hydrogen-bond acceptors (Lipinski definition) is 4. The lowest BCUT2D eigenvalue weighted by molar-refractivity contribution is -0.155. The molecular weight excluding hydrogens is 244 g/mol. The summed E-state index contributed by atoms with van der Waals surface area (Å²) in [6.07, 6.45) is 5.92. The van der Waals surface area contributed by atoms with E-state index < -0.39 is 0 Å². The predicted molar refractivity (Wildman–Crippen MR) is 72.6 cm³/mol. The molecule has 0 radical (unpaired) electrons. The van der Waals surface area contributed by atoms with Gasteiger partial charge in [0, 0.05) is 0 Å². The highest BCUT2D eigenvalue weighted by Gasteiger charge is 2.32. The standard InChI is InChI=1S/C15H26O4/c1-3-5-10-19-15(17)13-8-6-7-12(11-13)14(16)18-9-4-2/h12-13H,3-11H2,1-2H3. The molecule has 0 bridgehead atoms. The van der Waals surface area contributed by atoms with Gasteiger partial charge in [0.1, 0.15) is 0 Å². The van der Waals surface area contributed by atoms with Crippen molar-refractivity contribution in [3.63, 3.8) is 0 Å². The maximum Gasteiger partial charge on any atom is 0.308 e. The third kappa shape index (κ3) is 5.62. The van der Waals surface area contributed by atoms with Crippen molar-refractivity contribution in [2.75, 3.05) is 13.2 Å². The van der Waals surface area contributed by atoms with Crippen LogP contribution in [0, 0.1) is 11.8 Å². The largest absolute Gasteiger partial charge is 0.465 e. The fourth-order valence-electron chi connectivity index (χ4n) is 2.37. The molecule has 2 atom stereocenters. The van der Waals surface area contributed by atoms with Gasteiger partial charge in [0.25, 0.3) is 0 Å². The summed E-state index contributed by atoms with van der Waals surface area (Å²) >= 11 is 0. The van der Waals surface area contributed by atoms with E-state index in [4.69, 9.17) is 9.47 Å². The Morgan fingerprint density at radius 2 is 1.53 bits per heavy atom. The van der Waals surface area contributed by atoms with Crippen LogP contribution in [0.15, 0.2) is 0 Å². The van der Waals surface area contributed by atoms with Gasteiger partial charge in [-0.15, -0.1) is 0 Å². The number of ether oxygens (including phenoxy) is 2. The van der Waals surface area contributed by atoms with E-state index in [1.54, 1.807) is 0 Å². The van der Waals surface area contributed by atoms with Crippen molar-refractivity contribution in [2.45, 2.75) is 58.8 Å². The summed E-state index contributed by atoms with van der Waals surface area (Å²) < 4.78 is 10.4. The lowest BCUT2D eigenvalue weighted by atomic mass is 9.81. The lowest BCUT2D eigenvalue weighted by Gasteiger charge is -2.26. The summed E-state index contributed by atoms with van der Waals surface area (Å²) in [4.78, 5) is 23.7. The molecule has 0 aromatic heterocycles. The minimum absolute atomic E-state index is 0.121. The lowest BCUT2D eigenvalue weighted by Crippen LogP contribution is -2.30. The van der Waals surface area contributed by atoms with Crippen molar-refractivity contribution < 1.29 is 19.1 Å². The fraction of sp³-hybridized carbons (Fsp3) is 0.867. The summed E-state index contributed by atoms with van der Waals surface area (Å²) in [5.41, 5.74) is 0. The third-order valence-corrected chi connectivity index (χ3v) is 3.53. The van der Waals surface area contributed by atoms with Gasteiger partial charge in [0.2, 0.25) is 0 Å². The Morgan fingerprint density at radius 1 is 0.947 bits per heavy atom. The highest BCUT2D eigenvalue weighted by atomic mass is 16.5. The van der Waals surface area contributed by atoms with E-state index in [2.05, 4.69) is 6.92 Å². The van der Waals surface area contributed by atoms with Gasteiger partial charge in [0.15, 0.2) is 0 Å². The Hall–Kier alpha value is -1.06. The molecule has 0 saturated heterocycles. The first-order chi connectivity index (χ1) is 9.19. The van der Waals surface area contributed by atoms with Crippen LogP contribution in [0.1, 0.15) is 58.8 Å². The smallest absolute Gasteiger partial charge is 0.308 e. The van der Waals surface area contributed by atoms with E-state index in [-0.39, 0.29) is 23.8 Å². The number of rotatable bonds is 7. The maximum absolute atomic E-state index is 11.9. The van der Waals surface area contributed by atoms with E-state index in [1.807, 2.05) is 6.92 Å². The molecule has 0 aromatic carbocycles. The quantitative estimate of drug-likeness (QED) is 0.527. The van der Waals surface area contributed by atoms with Crippen molar-refractivity contribution in [1.29, 1.82) is 0 Å². The predicted octanol–water partition coefficient (Wildman–Crippen LogP) is 3.09. The molecular formula is C15H26O4. The monoisotopic (exact) mass is 270 g/mol. The molecule has 0 aromatic rings. The van der Waals surface area contributed by atoms with Crippen LogP contribution >= 0.6 is 0 Å². The highest BCUT2D eigenvalue weighted by molar-refractivity contribution is 5.76. The molecule has 1 saturated carbocycles. The number of hydrogen-bond donors (Lipinski definition) is 0. The molecule has 2 unspecified atom stereocenters. The third-order valence-electron chi connectivity index (χ3n) is 3.53. The van der Waals surface area contributed by atoms with Crippen LogP contribution in [-0.4, -0.2) is 25.2 Å². The zero-order valence-corrected chi connectivity index (χ0v) is 12.2. The summed E-state index contributed by atoms with van der Waals surface area (Å²) in [7, 11) is 0. The highest BCUT2D eigenvalue weighted by Crippen LogP contribution is 2.30. The zero-order valence-electron chi connectivity index (χ0n) is 12.2. The molecule has 1 aliphatic rings. The van der Waals surface area contributed by atoms with Gasteiger partial charge < -0.3 is 9.47 Å². The molecule has 1 aliphatic carbocycles. The molecule has 4 nitrogen and oxygen atoms in total. The van der Waals surface area contributed by atoms with Gasteiger partial charge in [-0.25, -0.2) is 0 Å². The molecule has 110 valence electrons. The van der Waals surface area contributed by atoms with Crippen molar-refractivity contribution in [3.05, 3.63) is 0 Å². The molecule has 1 fully saturated rings. The summed E-state index contributed by atoms with van der Waals surface area (Å²) in [5, 5.41) is 0. The first-order valence-electron chi connectivity index (χ1n) is 7.52. The fourth-order valence-corrected chi connectivity index (χ4v) is 2.37. The second-order valence-corrected chi connectivity index (χ2v) is 5.25. The van der Waals surface area contributed by atoms with Crippen LogP contribution in [0.2, 0.25) is 0 Å². The van der Waals surface area contributed by atoms with Crippen LogP contribution in [0.25, 0.3) is 0 Å². The Labute approximate surface area is 115 Å². The van der Waals surface area contributed by atoms with Crippen LogP contribution in [-0.2, 0) is 19.1 Å². The number of carbonyl (C=O) groups is 2. The van der Waals surface area contributed by atoms with Gasteiger partial charge in [-0.1, -0.05) is 26.7 Å². The van der Waals surface area contributed by atoms with E-state index >= 15 is 0 Å². The van der Waals surface area contributed by atoms with Gasteiger partial charge in [-0.05, 0) is 32.1 Å². The Balaban J connectivity index is 2.36. The summed E-state index contributed by atoms with van der Waals surface area (Å²) in [6.45, 7) is 5.01. The number of unbranched alkanes of at least 4 members (excludes halogenated alkanes) is 1. The molecule has 1 rings (SSSR count). The van der Waals surface area contributed by atoms with Gasteiger partial charge in [-0.3, -0.25) is 9.59 Å². The van der Waals surface area contributed by atoms with Crippen molar-refractivity contribution in [1.82, 2.24) is 0 Å². The average molecular weight is 270 g/mol. The van der Waals surface area contributed by atoms with Gasteiger partial charge in [0.05, 0.1) is 25.0 Å². The molecule has 0 spiro atoms. The maximum atomic E-state index is 11.9. The average Bonchev–Trinajstić information content (AvgIpc) is 2.45. The Morgan fingerprint density at radius 3 is 2.05 bits per heavy atom. The van der Waals surface area contributed by atoms with Crippen LogP contribution in [0.4, 0.5) is 0 Å². The minimum Gasteiger partial charge on any atom is -0.465 e. The van der Waals surface area contributed by atoms with Crippen molar-refractivity contribution in [3.8, 4) is 0 Å². The molecule has 0 heterocycles. The van der Waals surface area contributed by atoms with Gasteiger partial charge >= 0.3 is 11.9 Å². The second kappa shape index (κ2) is 8.94. The second-order valence-electron chi connectivity index (χ2n) is 5.25. The van der Waals surface area contributed by atoms with Gasteiger partial charge in [-0.2, -0.15) is 0 Å². The summed E-state index contributed by atoms with van der Waals surface area (Å²) in [5.74, 6) is -0.525.